The molecule has 0 aliphatic carbocycles. The molecule has 0 saturated heterocycles. The molecule has 2 aromatic rings. The van der Waals surface area contributed by atoms with Gasteiger partial charge in [-0.05, 0) is 36.8 Å². The van der Waals surface area contributed by atoms with Gasteiger partial charge in [0.2, 0.25) is 0 Å². The van der Waals surface area contributed by atoms with Crippen molar-refractivity contribution in [1.29, 1.82) is 0 Å². The summed E-state index contributed by atoms with van der Waals surface area (Å²) in [4.78, 5) is 10.8. The fourth-order valence-corrected chi connectivity index (χ4v) is 1.85. The molecule has 0 radical (unpaired) electrons. The number of carbonyl (C=O) groups is 1. The first-order chi connectivity index (χ1) is 8.65. The molecule has 0 aromatic heterocycles. The predicted molar refractivity (Wildman–Crippen MR) is 68.5 cm³/mol. The van der Waals surface area contributed by atoms with Gasteiger partial charge in [-0.1, -0.05) is 17.7 Å². The van der Waals surface area contributed by atoms with Crippen molar-refractivity contribution < 1.29 is 13.9 Å². The molecule has 0 aliphatic rings. The van der Waals surface area contributed by atoms with Crippen LogP contribution < -0.4 is 4.74 Å². The molecule has 0 amide bonds. The summed E-state index contributed by atoms with van der Waals surface area (Å²) in [5.41, 5.74) is 2.73. The van der Waals surface area contributed by atoms with Crippen molar-refractivity contribution in [2.24, 2.45) is 0 Å². The Balaban J connectivity index is 2.60. The molecule has 0 bridgehead atoms. The van der Waals surface area contributed by atoms with Crippen LogP contribution in [0.4, 0.5) is 4.39 Å². The van der Waals surface area contributed by atoms with E-state index in [1.807, 2.05) is 25.1 Å². The van der Waals surface area contributed by atoms with Crippen LogP contribution in [-0.4, -0.2) is 13.4 Å². The average Bonchev–Trinajstić information content (AvgIpc) is 2.39. The molecule has 0 N–H and O–H groups in total. The Hall–Kier alpha value is -2.16. The number of hydrogen-bond donors (Lipinski definition) is 0. The number of hydrogen-bond acceptors (Lipinski definition) is 2. The van der Waals surface area contributed by atoms with E-state index in [0.717, 1.165) is 16.7 Å². The fourth-order valence-electron chi connectivity index (χ4n) is 1.85. The first-order valence-electron chi connectivity index (χ1n) is 5.55. The van der Waals surface area contributed by atoms with E-state index in [1.165, 1.54) is 12.1 Å². The summed E-state index contributed by atoms with van der Waals surface area (Å²) in [5.74, 6) is 0.185. The Kier molecular flexibility index (Phi) is 3.42. The molecule has 0 atom stereocenters. The van der Waals surface area contributed by atoms with Crippen molar-refractivity contribution in [1.82, 2.24) is 0 Å². The van der Waals surface area contributed by atoms with E-state index < -0.39 is 5.82 Å². The SMILES string of the molecule is COc1ccc(C)cc1-c1ccc(F)c(C=O)c1. The first kappa shape index (κ1) is 12.3. The van der Waals surface area contributed by atoms with Gasteiger partial charge >= 0.3 is 0 Å². The summed E-state index contributed by atoms with van der Waals surface area (Å²) < 4.78 is 18.6. The lowest BCUT2D eigenvalue weighted by Crippen LogP contribution is -1.92. The van der Waals surface area contributed by atoms with Crippen LogP contribution in [-0.2, 0) is 0 Å². The van der Waals surface area contributed by atoms with Gasteiger partial charge in [-0.25, -0.2) is 4.39 Å². The monoisotopic (exact) mass is 244 g/mol. The Morgan fingerprint density at radius 1 is 1.17 bits per heavy atom. The first-order valence-corrected chi connectivity index (χ1v) is 5.55. The van der Waals surface area contributed by atoms with Crippen LogP contribution in [0.1, 0.15) is 15.9 Å². The third-order valence-electron chi connectivity index (χ3n) is 2.79. The van der Waals surface area contributed by atoms with Crippen LogP contribution in [0.2, 0.25) is 0 Å². The highest BCUT2D eigenvalue weighted by Gasteiger charge is 2.09. The van der Waals surface area contributed by atoms with E-state index in [4.69, 9.17) is 4.74 Å². The molecule has 3 heteroatoms. The van der Waals surface area contributed by atoms with Crippen LogP contribution in [0.15, 0.2) is 36.4 Å². The van der Waals surface area contributed by atoms with Gasteiger partial charge in [0.25, 0.3) is 0 Å². The second-order valence-corrected chi connectivity index (χ2v) is 4.06. The number of rotatable bonds is 3. The van der Waals surface area contributed by atoms with Crippen LogP contribution in [0.3, 0.4) is 0 Å². The maximum atomic E-state index is 13.3. The van der Waals surface area contributed by atoms with Gasteiger partial charge in [-0.2, -0.15) is 0 Å². The maximum absolute atomic E-state index is 13.3. The predicted octanol–water partition coefficient (Wildman–Crippen LogP) is 3.62. The molecule has 0 heterocycles. The van der Waals surface area contributed by atoms with Gasteiger partial charge in [-0.15, -0.1) is 0 Å². The van der Waals surface area contributed by atoms with Crippen molar-refractivity contribution in [3.05, 3.63) is 53.3 Å². The van der Waals surface area contributed by atoms with Gasteiger partial charge in [0.15, 0.2) is 6.29 Å². The Labute approximate surface area is 105 Å². The summed E-state index contributed by atoms with van der Waals surface area (Å²) in [6.45, 7) is 1.97. The third-order valence-corrected chi connectivity index (χ3v) is 2.79. The summed E-state index contributed by atoms with van der Waals surface area (Å²) in [6.07, 6.45) is 0.515. The number of benzene rings is 2. The van der Waals surface area contributed by atoms with Crippen LogP contribution in [0.25, 0.3) is 11.1 Å². The summed E-state index contributed by atoms with van der Waals surface area (Å²) in [7, 11) is 1.58. The molecule has 2 nitrogen and oxygen atoms in total. The zero-order chi connectivity index (χ0) is 13.1. The van der Waals surface area contributed by atoms with Gasteiger partial charge in [0, 0.05) is 5.56 Å². The van der Waals surface area contributed by atoms with E-state index in [-0.39, 0.29) is 5.56 Å². The number of methoxy groups -OCH3 is 1. The largest absolute Gasteiger partial charge is 0.496 e. The van der Waals surface area contributed by atoms with Crippen LogP contribution in [0, 0.1) is 12.7 Å². The molecule has 0 saturated carbocycles. The molecule has 0 fully saturated rings. The lowest BCUT2D eigenvalue weighted by atomic mass is 10.0. The molecule has 18 heavy (non-hydrogen) atoms. The summed E-state index contributed by atoms with van der Waals surface area (Å²) in [5, 5.41) is 0. The molecular weight excluding hydrogens is 231 g/mol. The van der Waals surface area contributed by atoms with E-state index in [0.29, 0.717) is 12.0 Å². The number of aldehydes is 1. The molecule has 0 aliphatic heterocycles. The second kappa shape index (κ2) is 5.00. The van der Waals surface area contributed by atoms with Crippen molar-refractivity contribution >= 4 is 6.29 Å². The zero-order valence-electron chi connectivity index (χ0n) is 10.2. The maximum Gasteiger partial charge on any atom is 0.153 e. The number of ether oxygens (including phenoxy) is 1. The minimum Gasteiger partial charge on any atom is -0.496 e. The van der Waals surface area contributed by atoms with Crippen molar-refractivity contribution in [2.75, 3.05) is 7.11 Å². The van der Waals surface area contributed by atoms with E-state index >= 15 is 0 Å². The van der Waals surface area contributed by atoms with E-state index in [1.54, 1.807) is 13.2 Å². The highest BCUT2D eigenvalue weighted by molar-refractivity contribution is 5.81. The zero-order valence-corrected chi connectivity index (χ0v) is 10.2. The highest BCUT2D eigenvalue weighted by atomic mass is 19.1. The average molecular weight is 244 g/mol. The smallest absolute Gasteiger partial charge is 0.153 e. The minimum atomic E-state index is -0.514. The Morgan fingerprint density at radius 3 is 2.61 bits per heavy atom. The second-order valence-electron chi connectivity index (χ2n) is 4.06. The molecule has 0 unspecified atom stereocenters. The Bertz CT molecular complexity index is 591. The topological polar surface area (TPSA) is 26.3 Å². The number of carbonyl (C=O) groups excluding carboxylic acids is 1. The van der Waals surface area contributed by atoms with Crippen LogP contribution in [0.5, 0.6) is 5.75 Å². The minimum absolute atomic E-state index is 0.0519. The number of aryl methyl sites for hydroxylation is 1. The van der Waals surface area contributed by atoms with E-state index in [9.17, 15) is 9.18 Å². The standard InChI is InChI=1S/C15H13FO2/c1-10-3-6-15(18-2)13(7-10)11-4-5-14(16)12(8-11)9-17/h3-9H,1-2H3. The highest BCUT2D eigenvalue weighted by Crippen LogP contribution is 2.31. The molecule has 0 spiro atoms. The quantitative estimate of drug-likeness (QED) is 0.771. The lowest BCUT2D eigenvalue weighted by molar-refractivity contribution is 0.112. The van der Waals surface area contributed by atoms with Crippen molar-refractivity contribution in [3.63, 3.8) is 0 Å². The fraction of sp³-hybridized carbons (Fsp3) is 0.133. The van der Waals surface area contributed by atoms with Crippen molar-refractivity contribution in [3.8, 4) is 16.9 Å². The lowest BCUT2D eigenvalue weighted by Gasteiger charge is -2.10. The summed E-state index contributed by atoms with van der Waals surface area (Å²) >= 11 is 0. The van der Waals surface area contributed by atoms with Gasteiger partial charge in [-0.3, -0.25) is 4.79 Å². The van der Waals surface area contributed by atoms with Gasteiger partial charge in [0.05, 0.1) is 12.7 Å². The molecule has 2 rings (SSSR count). The summed E-state index contributed by atoms with van der Waals surface area (Å²) in [6, 6.07) is 10.2. The third kappa shape index (κ3) is 2.25. The van der Waals surface area contributed by atoms with Gasteiger partial charge in [0.1, 0.15) is 11.6 Å². The van der Waals surface area contributed by atoms with E-state index in [2.05, 4.69) is 0 Å². The molecular formula is C15H13FO2. The Morgan fingerprint density at radius 2 is 1.94 bits per heavy atom. The molecule has 92 valence electrons. The van der Waals surface area contributed by atoms with Crippen LogP contribution >= 0.6 is 0 Å². The normalized spacial score (nSPS) is 10.2. The molecule has 2 aromatic carbocycles. The van der Waals surface area contributed by atoms with Crippen molar-refractivity contribution in [2.45, 2.75) is 6.92 Å². The number of halogens is 1. The van der Waals surface area contributed by atoms with Gasteiger partial charge < -0.3 is 4.74 Å².